The lowest BCUT2D eigenvalue weighted by atomic mass is 9.77. The maximum absolute atomic E-state index is 11.0. The molecular formula is C11H20O2. The number of rotatable bonds is 2. The van der Waals surface area contributed by atoms with Gasteiger partial charge in [-0.2, -0.15) is 0 Å². The quantitative estimate of drug-likeness (QED) is 0.617. The largest absolute Gasteiger partial charge is 0.459 e. The first-order valence-corrected chi connectivity index (χ1v) is 5.26. The lowest BCUT2D eigenvalue weighted by Crippen LogP contribution is -2.41. The van der Waals surface area contributed by atoms with Crippen molar-refractivity contribution < 1.29 is 9.53 Å². The maximum atomic E-state index is 11.0. The van der Waals surface area contributed by atoms with Crippen LogP contribution in [0.1, 0.15) is 52.9 Å². The topological polar surface area (TPSA) is 26.3 Å². The van der Waals surface area contributed by atoms with Gasteiger partial charge in [0, 0.05) is 6.92 Å². The van der Waals surface area contributed by atoms with Crippen LogP contribution >= 0.6 is 0 Å². The van der Waals surface area contributed by atoms with Gasteiger partial charge in [0.05, 0.1) is 0 Å². The molecule has 1 rings (SSSR count). The van der Waals surface area contributed by atoms with Crippen molar-refractivity contribution in [3.05, 3.63) is 0 Å². The molecule has 2 heteroatoms. The molecule has 13 heavy (non-hydrogen) atoms. The third-order valence-electron chi connectivity index (χ3n) is 3.10. The van der Waals surface area contributed by atoms with Gasteiger partial charge in [0.1, 0.15) is 5.60 Å². The third kappa shape index (κ3) is 2.45. The minimum Gasteiger partial charge on any atom is -0.459 e. The van der Waals surface area contributed by atoms with Crippen LogP contribution in [0.15, 0.2) is 0 Å². The predicted molar refractivity (Wildman–Crippen MR) is 52.4 cm³/mol. The van der Waals surface area contributed by atoms with E-state index in [1.165, 1.54) is 26.2 Å². The Balaban J connectivity index is 2.67. The highest BCUT2D eigenvalue weighted by atomic mass is 16.6. The zero-order chi connectivity index (χ0) is 9.90. The van der Waals surface area contributed by atoms with Crippen molar-refractivity contribution >= 4 is 5.97 Å². The Hall–Kier alpha value is -0.530. The van der Waals surface area contributed by atoms with E-state index in [1.54, 1.807) is 0 Å². The molecule has 0 spiro atoms. The molecule has 0 aliphatic heterocycles. The molecule has 1 fully saturated rings. The summed E-state index contributed by atoms with van der Waals surface area (Å²) in [4.78, 5) is 11.0. The van der Waals surface area contributed by atoms with Crippen molar-refractivity contribution in [3.8, 4) is 0 Å². The average Bonchev–Trinajstić information content (AvgIpc) is 2.04. The van der Waals surface area contributed by atoms with Crippen LogP contribution in [-0.4, -0.2) is 11.6 Å². The summed E-state index contributed by atoms with van der Waals surface area (Å²) in [5.74, 6) is 0.312. The van der Waals surface area contributed by atoms with Crippen molar-refractivity contribution in [2.45, 2.75) is 58.5 Å². The summed E-state index contributed by atoms with van der Waals surface area (Å²) in [5.41, 5.74) is -0.149. The fraction of sp³-hybridized carbons (Fsp3) is 0.909. The molecule has 0 bridgehead atoms. The minimum atomic E-state index is -0.149. The van der Waals surface area contributed by atoms with E-state index in [0.29, 0.717) is 5.92 Å². The fourth-order valence-corrected chi connectivity index (χ4v) is 2.23. The van der Waals surface area contributed by atoms with Gasteiger partial charge in [-0.1, -0.05) is 20.3 Å². The molecule has 0 unspecified atom stereocenters. The second kappa shape index (κ2) is 4.12. The summed E-state index contributed by atoms with van der Waals surface area (Å²) in [6, 6.07) is 0. The maximum Gasteiger partial charge on any atom is 0.303 e. The first-order valence-electron chi connectivity index (χ1n) is 5.26. The molecule has 0 amide bonds. The molecule has 0 heterocycles. The normalized spacial score (nSPS) is 21.5. The Kier molecular flexibility index (Phi) is 3.34. The van der Waals surface area contributed by atoms with Crippen molar-refractivity contribution in [2.75, 3.05) is 0 Å². The number of esters is 1. The van der Waals surface area contributed by atoms with E-state index in [-0.39, 0.29) is 11.6 Å². The van der Waals surface area contributed by atoms with Gasteiger partial charge in [-0.25, -0.2) is 0 Å². The zero-order valence-corrected chi connectivity index (χ0v) is 8.93. The Labute approximate surface area is 80.7 Å². The number of carbonyl (C=O) groups is 1. The molecule has 0 atom stereocenters. The summed E-state index contributed by atoms with van der Waals surface area (Å²) in [5, 5.41) is 0. The molecule has 0 saturated heterocycles. The van der Waals surface area contributed by atoms with Gasteiger partial charge >= 0.3 is 5.97 Å². The van der Waals surface area contributed by atoms with Crippen LogP contribution in [0.4, 0.5) is 0 Å². The minimum absolute atomic E-state index is 0.129. The molecule has 1 aliphatic carbocycles. The number of ether oxygens (including phenoxy) is 1. The van der Waals surface area contributed by atoms with Crippen LogP contribution in [0.2, 0.25) is 0 Å². The molecule has 0 radical (unpaired) electrons. The van der Waals surface area contributed by atoms with Gasteiger partial charge in [-0.05, 0) is 31.6 Å². The Morgan fingerprint density at radius 3 is 2.15 bits per heavy atom. The van der Waals surface area contributed by atoms with E-state index in [4.69, 9.17) is 4.74 Å². The number of hydrogen-bond acceptors (Lipinski definition) is 2. The molecule has 1 aliphatic rings. The van der Waals surface area contributed by atoms with E-state index < -0.39 is 0 Å². The molecular weight excluding hydrogens is 164 g/mol. The first kappa shape index (κ1) is 10.6. The molecule has 76 valence electrons. The number of carbonyl (C=O) groups excluding carboxylic acids is 1. The summed E-state index contributed by atoms with van der Waals surface area (Å²) in [6.07, 6.45) is 5.78. The van der Waals surface area contributed by atoms with E-state index in [0.717, 1.165) is 12.8 Å². The van der Waals surface area contributed by atoms with Gasteiger partial charge in [-0.15, -0.1) is 0 Å². The van der Waals surface area contributed by atoms with E-state index in [9.17, 15) is 4.79 Å². The van der Waals surface area contributed by atoms with Crippen LogP contribution in [0.3, 0.4) is 0 Å². The summed E-state index contributed by atoms with van der Waals surface area (Å²) >= 11 is 0. The van der Waals surface area contributed by atoms with Crippen LogP contribution in [0.5, 0.6) is 0 Å². The fourth-order valence-electron chi connectivity index (χ4n) is 2.23. The van der Waals surface area contributed by atoms with Gasteiger partial charge in [0.15, 0.2) is 0 Å². The Morgan fingerprint density at radius 2 is 1.77 bits per heavy atom. The van der Waals surface area contributed by atoms with E-state index >= 15 is 0 Å². The van der Waals surface area contributed by atoms with E-state index in [1.807, 2.05) is 0 Å². The highest BCUT2D eigenvalue weighted by Gasteiger charge is 2.37. The average molecular weight is 184 g/mol. The molecule has 1 saturated carbocycles. The van der Waals surface area contributed by atoms with Crippen LogP contribution in [0.25, 0.3) is 0 Å². The molecule has 0 N–H and O–H groups in total. The summed E-state index contributed by atoms with van der Waals surface area (Å²) in [6.45, 7) is 5.81. The Bertz CT molecular complexity index is 179. The summed E-state index contributed by atoms with van der Waals surface area (Å²) in [7, 11) is 0. The zero-order valence-electron chi connectivity index (χ0n) is 8.93. The second-order valence-corrected chi connectivity index (χ2v) is 4.37. The smallest absolute Gasteiger partial charge is 0.303 e. The van der Waals surface area contributed by atoms with Crippen LogP contribution in [-0.2, 0) is 9.53 Å². The monoisotopic (exact) mass is 184 g/mol. The van der Waals surface area contributed by atoms with Crippen molar-refractivity contribution in [1.29, 1.82) is 0 Å². The second-order valence-electron chi connectivity index (χ2n) is 4.37. The highest BCUT2D eigenvalue weighted by Crippen LogP contribution is 2.37. The van der Waals surface area contributed by atoms with Crippen LogP contribution < -0.4 is 0 Å². The van der Waals surface area contributed by atoms with E-state index in [2.05, 4.69) is 13.8 Å². The summed E-state index contributed by atoms with van der Waals surface area (Å²) < 4.78 is 5.50. The van der Waals surface area contributed by atoms with Crippen molar-refractivity contribution in [2.24, 2.45) is 5.92 Å². The van der Waals surface area contributed by atoms with Crippen molar-refractivity contribution in [1.82, 2.24) is 0 Å². The highest BCUT2D eigenvalue weighted by molar-refractivity contribution is 5.66. The molecule has 0 aromatic rings. The van der Waals surface area contributed by atoms with Gasteiger partial charge in [0.25, 0.3) is 0 Å². The SMILES string of the molecule is CC(=O)OC1(C(C)C)CCCCC1. The lowest BCUT2D eigenvalue weighted by Gasteiger charge is -2.39. The predicted octanol–water partition coefficient (Wildman–Crippen LogP) is 2.91. The molecule has 0 aromatic carbocycles. The van der Waals surface area contributed by atoms with Crippen molar-refractivity contribution in [3.63, 3.8) is 0 Å². The van der Waals surface area contributed by atoms with Crippen LogP contribution in [0, 0.1) is 5.92 Å². The Morgan fingerprint density at radius 1 is 1.23 bits per heavy atom. The van der Waals surface area contributed by atoms with Gasteiger partial charge in [-0.3, -0.25) is 4.79 Å². The van der Waals surface area contributed by atoms with Gasteiger partial charge < -0.3 is 4.74 Å². The lowest BCUT2D eigenvalue weighted by molar-refractivity contribution is -0.166. The van der Waals surface area contributed by atoms with Gasteiger partial charge in [0.2, 0.25) is 0 Å². The molecule has 2 nitrogen and oxygen atoms in total. The third-order valence-corrected chi connectivity index (χ3v) is 3.10. The first-order chi connectivity index (χ1) is 6.07. The number of hydrogen-bond donors (Lipinski definition) is 0. The molecule has 0 aromatic heterocycles. The standard InChI is InChI=1S/C11H20O2/c1-9(2)11(13-10(3)12)7-5-4-6-8-11/h9H,4-8H2,1-3H3.